The van der Waals surface area contributed by atoms with E-state index in [1.54, 1.807) is 13.0 Å². The van der Waals surface area contributed by atoms with Crippen LogP contribution in [-0.2, 0) is 25.7 Å². The van der Waals surface area contributed by atoms with Gasteiger partial charge in [-0.05, 0) is 67.9 Å². The second-order valence-electron chi connectivity index (χ2n) is 12.5. The minimum atomic E-state index is -0.824. The Bertz CT molecular complexity index is 1650. The number of carbonyl (C=O) groups is 4. The summed E-state index contributed by atoms with van der Waals surface area (Å²) in [6.07, 6.45) is 5.22. The topological polar surface area (TPSA) is 95.0 Å². The quantitative estimate of drug-likeness (QED) is 0.322. The Morgan fingerprint density at radius 3 is 2.42 bits per heavy atom. The number of benzene rings is 2. The molecule has 2 aromatic carbocycles. The van der Waals surface area contributed by atoms with Crippen LogP contribution in [0.15, 0.2) is 83.0 Å². The highest BCUT2D eigenvalue weighted by molar-refractivity contribution is 6.23. The summed E-state index contributed by atoms with van der Waals surface area (Å²) in [5.74, 6) is -4.58. The fraction of sp³-hybridized carbons (Fsp3) is 0.371. The van der Waals surface area contributed by atoms with Gasteiger partial charge in [0.2, 0.25) is 11.8 Å². The van der Waals surface area contributed by atoms with Crippen molar-refractivity contribution in [2.45, 2.75) is 51.1 Å². The Balaban J connectivity index is 1.19. The fourth-order valence-corrected chi connectivity index (χ4v) is 8.00. The highest BCUT2D eigenvalue weighted by Gasteiger charge is 2.57. The molecule has 2 saturated heterocycles. The lowest BCUT2D eigenvalue weighted by Crippen LogP contribution is -2.47. The van der Waals surface area contributed by atoms with Gasteiger partial charge in [-0.1, -0.05) is 48.0 Å². The second kappa shape index (κ2) is 10.5. The number of likely N-dealkylation sites (tertiary alicyclic amines) is 2. The number of piperidine rings is 1. The van der Waals surface area contributed by atoms with Crippen LogP contribution in [0.25, 0.3) is 0 Å². The number of imide groups is 1. The van der Waals surface area contributed by atoms with Gasteiger partial charge in [-0.3, -0.25) is 29.0 Å². The van der Waals surface area contributed by atoms with Crippen molar-refractivity contribution in [3.8, 4) is 5.75 Å². The largest absolute Gasteiger partial charge is 0.505 e. The Labute approximate surface area is 249 Å². The van der Waals surface area contributed by atoms with Crippen LogP contribution >= 0.6 is 0 Å². The van der Waals surface area contributed by atoms with Gasteiger partial charge >= 0.3 is 0 Å². The number of fused-ring (bicyclic) bond motifs is 3. The number of phenolic OH excluding ortho intramolecular Hbond substituents is 1. The van der Waals surface area contributed by atoms with Gasteiger partial charge in [0.25, 0.3) is 0 Å². The maximum atomic E-state index is 14.6. The van der Waals surface area contributed by atoms with E-state index in [9.17, 15) is 28.7 Å². The molecule has 0 spiro atoms. The van der Waals surface area contributed by atoms with Crippen LogP contribution in [0.5, 0.6) is 5.75 Å². The van der Waals surface area contributed by atoms with Gasteiger partial charge in [0.15, 0.2) is 23.1 Å². The third kappa shape index (κ3) is 4.50. The molecule has 8 heteroatoms. The summed E-state index contributed by atoms with van der Waals surface area (Å²) < 4.78 is 14.6. The molecule has 7 nitrogen and oxygen atoms in total. The minimum absolute atomic E-state index is 0.152. The lowest BCUT2D eigenvalue weighted by Gasteiger charge is -2.42. The van der Waals surface area contributed by atoms with Crippen LogP contribution in [0.1, 0.15) is 49.7 Å². The number of amides is 2. The molecule has 2 fully saturated rings. The molecule has 5 aliphatic rings. The molecule has 0 bridgehead atoms. The summed E-state index contributed by atoms with van der Waals surface area (Å²) in [5, 5.41) is 9.85. The van der Waals surface area contributed by atoms with Crippen LogP contribution in [-0.4, -0.2) is 57.4 Å². The molecule has 4 atom stereocenters. The average Bonchev–Trinajstić information content (AvgIpc) is 3.26. The van der Waals surface area contributed by atoms with Crippen molar-refractivity contribution in [2.24, 2.45) is 17.8 Å². The zero-order chi connectivity index (χ0) is 30.0. The van der Waals surface area contributed by atoms with Crippen LogP contribution < -0.4 is 0 Å². The minimum Gasteiger partial charge on any atom is -0.505 e. The van der Waals surface area contributed by atoms with Crippen LogP contribution in [0.4, 0.5) is 4.39 Å². The van der Waals surface area contributed by atoms with E-state index in [1.165, 1.54) is 28.7 Å². The van der Waals surface area contributed by atoms with Crippen LogP contribution in [0.2, 0.25) is 0 Å². The van der Waals surface area contributed by atoms with Crippen LogP contribution in [0.3, 0.4) is 0 Å². The number of Topliss-reactive ketones (excluding diaryl/α,β-unsaturated/α-hetero) is 1. The predicted octanol–water partition coefficient (Wildman–Crippen LogP) is 4.63. The first-order chi connectivity index (χ1) is 20.7. The number of allylic oxidation sites excluding steroid dienone is 6. The predicted molar refractivity (Wildman–Crippen MR) is 156 cm³/mol. The molecule has 0 aromatic heterocycles. The molecule has 0 saturated carbocycles. The number of carbonyl (C=O) groups excluding carboxylic acids is 4. The number of aromatic hydroxyl groups is 1. The fourth-order valence-electron chi connectivity index (χ4n) is 8.00. The highest BCUT2D eigenvalue weighted by Crippen LogP contribution is 2.55. The van der Waals surface area contributed by atoms with Gasteiger partial charge in [0.1, 0.15) is 0 Å². The highest BCUT2D eigenvalue weighted by atomic mass is 19.1. The first-order valence-corrected chi connectivity index (χ1v) is 15.0. The van der Waals surface area contributed by atoms with E-state index in [0.717, 1.165) is 25.2 Å². The number of phenols is 1. The number of ketones is 2. The molecular weight excluding hydrogens is 547 g/mol. The van der Waals surface area contributed by atoms with Crippen molar-refractivity contribution < 1.29 is 28.7 Å². The van der Waals surface area contributed by atoms with Crippen molar-refractivity contribution in [3.05, 3.63) is 99.9 Å². The molecule has 1 N–H and O–H groups in total. The summed E-state index contributed by atoms with van der Waals surface area (Å²) >= 11 is 0. The number of rotatable bonds is 4. The van der Waals surface area contributed by atoms with Gasteiger partial charge in [-0.15, -0.1) is 0 Å². The van der Waals surface area contributed by atoms with Gasteiger partial charge in [-0.2, -0.15) is 0 Å². The number of hydrogen-bond acceptors (Lipinski definition) is 6. The Hall–Kier alpha value is -4.17. The summed E-state index contributed by atoms with van der Waals surface area (Å²) in [6, 6.07) is 14.1. The lowest BCUT2D eigenvalue weighted by atomic mass is 9.59. The van der Waals surface area contributed by atoms with E-state index in [1.807, 2.05) is 24.3 Å². The molecule has 2 aromatic rings. The van der Waals surface area contributed by atoms with Crippen LogP contribution in [0, 0.1) is 23.6 Å². The van der Waals surface area contributed by atoms with Crippen molar-refractivity contribution in [2.75, 3.05) is 13.1 Å². The third-order valence-electron chi connectivity index (χ3n) is 10.1. The van der Waals surface area contributed by atoms with Gasteiger partial charge < -0.3 is 5.11 Å². The molecule has 2 amide bonds. The molecule has 0 unspecified atom stereocenters. The molecule has 7 rings (SSSR count). The Kier molecular flexibility index (Phi) is 6.77. The summed E-state index contributed by atoms with van der Waals surface area (Å²) in [7, 11) is 0. The summed E-state index contributed by atoms with van der Waals surface area (Å²) in [4.78, 5) is 58.6. The molecule has 220 valence electrons. The number of nitrogens with zero attached hydrogens (tertiary/aromatic N) is 2. The molecule has 3 aliphatic carbocycles. The number of hydrogen-bond donors (Lipinski definition) is 1. The van der Waals surface area contributed by atoms with Gasteiger partial charge in [0, 0.05) is 48.3 Å². The molecular formula is C35H33FN2O5. The monoisotopic (exact) mass is 580 g/mol. The maximum Gasteiger partial charge on any atom is 0.233 e. The van der Waals surface area contributed by atoms with E-state index in [2.05, 4.69) is 17.0 Å². The van der Waals surface area contributed by atoms with Crippen molar-refractivity contribution in [1.82, 2.24) is 9.80 Å². The SMILES string of the molecule is CC1=CC(=O)C2=C(C1=O)[C@@H](c1ccc(O)c(F)c1)C1=CC[C@@H]3C(=O)N(C4CCN(Cc5ccccc5)CC4)C(=O)[C@@H]3[C@@H]1C2. The van der Waals surface area contributed by atoms with E-state index in [4.69, 9.17) is 0 Å². The van der Waals surface area contributed by atoms with E-state index in [-0.39, 0.29) is 35.8 Å². The normalized spacial score (nSPS) is 28.0. The molecule has 0 radical (unpaired) electrons. The standard InChI is InChI=1S/C35H33FN2O5/c1-19-15-29(40)26-17-25-23(30(32(26)33(19)41)21-7-10-28(39)27(36)16-21)8-9-24-31(25)35(43)38(34(24)42)22-11-13-37(14-12-22)18-20-5-3-2-4-6-20/h2-8,10,15-16,22,24-25,30-31,39H,9,11-14,17-18H2,1H3/t24-,25+,30-,31-/m0/s1. The molecule has 43 heavy (non-hydrogen) atoms. The van der Waals surface area contributed by atoms with E-state index >= 15 is 0 Å². The zero-order valence-electron chi connectivity index (χ0n) is 24.0. The van der Waals surface area contributed by atoms with Crippen molar-refractivity contribution >= 4 is 23.4 Å². The summed E-state index contributed by atoms with van der Waals surface area (Å²) in [6.45, 7) is 3.99. The van der Waals surface area contributed by atoms with Crippen molar-refractivity contribution in [3.63, 3.8) is 0 Å². The zero-order valence-corrected chi connectivity index (χ0v) is 24.0. The smallest absolute Gasteiger partial charge is 0.233 e. The Morgan fingerprint density at radius 1 is 0.953 bits per heavy atom. The van der Waals surface area contributed by atoms with E-state index in [0.29, 0.717) is 41.5 Å². The van der Waals surface area contributed by atoms with Crippen molar-refractivity contribution in [1.29, 1.82) is 0 Å². The average molecular weight is 581 g/mol. The Morgan fingerprint density at radius 2 is 1.70 bits per heavy atom. The lowest BCUT2D eigenvalue weighted by molar-refractivity contribution is -0.144. The maximum absolute atomic E-state index is 14.6. The first kappa shape index (κ1) is 27.7. The summed E-state index contributed by atoms with van der Waals surface area (Å²) in [5.41, 5.74) is 3.42. The molecule has 2 heterocycles. The molecule has 2 aliphatic heterocycles. The first-order valence-electron chi connectivity index (χ1n) is 15.0. The number of halogens is 1. The van der Waals surface area contributed by atoms with Gasteiger partial charge in [0.05, 0.1) is 11.8 Å². The second-order valence-corrected chi connectivity index (χ2v) is 12.5. The third-order valence-corrected chi connectivity index (χ3v) is 10.1. The van der Waals surface area contributed by atoms with E-state index < -0.39 is 35.2 Å². The van der Waals surface area contributed by atoms with Gasteiger partial charge in [-0.25, -0.2) is 4.39 Å².